The second kappa shape index (κ2) is 4.84. The highest BCUT2D eigenvalue weighted by Crippen LogP contribution is 2.25. The average Bonchev–Trinajstić information content (AvgIpc) is 2.20. The van der Waals surface area contributed by atoms with Crippen LogP contribution in [0, 0.1) is 0 Å². The summed E-state index contributed by atoms with van der Waals surface area (Å²) in [6.07, 6.45) is 1.33. The zero-order valence-corrected chi connectivity index (χ0v) is 10.7. The quantitative estimate of drug-likeness (QED) is 0.812. The van der Waals surface area contributed by atoms with Crippen LogP contribution < -0.4 is 10.5 Å². The van der Waals surface area contributed by atoms with E-state index in [1.54, 1.807) is 0 Å². The first-order valence-electron chi connectivity index (χ1n) is 4.91. The van der Waals surface area contributed by atoms with Crippen LogP contribution in [-0.4, -0.2) is 41.1 Å². The van der Waals surface area contributed by atoms with Crippen LogP contribution in [0.4, 0.5) is 5.69 Å². The maximum atomic E-state index is 5.76. The molecule has 0 radical (unpaired) electrons. The molecule has 0 aromatic carbocycles. The average molecular weight is 245 g/mol. The molecule has 0 aliphatic rings. The van der Waals surface area contributed by atoms with Crippen LogP contribution >= 0.6 is 11.6 Å². The fourth-order valence-corrected chi connectivity index (χ4v) is 0.973. The van der Waals surface area contributed by atoms with Crippen LogP contribution in [0.2, 0.25) is 5.15 Å². The van der Waals surface area contributed by atoms with Gasteiger partial charge in [0.05, 0.1) is 0 Å². The fraction of sp³-hybridized carbons (Fsp3) is 0.600. The third-order valence-corrected chi connectivity index (χ3v) is 2.87. The number of halogens is 1. The highest BCUT2D eigenvalue weighted by Gasteiger charge is 2.22. The third-order valence-electron chi connectivity index (χ3n) is 2.57. The number of rotatable bonds is 4. The topological polar surface area (TPSA) is 64.3 Å². The van der Waals surface area contributed by atoms with Crippen LogP contribution in [-0.2, 0) is 0 Å². The van der Waals surface area contributed by atoms with E-state index in [0.29, 0.717) is 12.5 Å². The summed E-state index contributed by atoms with van der Waals surface area (Å²) in [5.74, 6) is 0.329. The first-order chi connectivity index (χ1) is 7.34. The minimum Gasteiger partial charge on any atom is -0.474 e. The van der Waals surface area contributed by atoms with Gasteiger partial charge in [-0.15, -0.1) is 0 Å². The Hall–Kier alpha value is -1.07. The normalized spacial score (nSPS) is 11.9. The summed E-state index contributed by atoms with van der Waals surface area (Å²) in [5, 5.41) is 0.215. The highest BCUT2D eigenvalue weighted by atomic mass is 35.5. The number of nitrogen functional groups attached to an aromatic ring is 1. The van der Waals surface area contributed by atoms with Gasteiger partial charge >= 0.3 is 0 Å². The number of nitrogens with zero attached hydrogens (tertiary/aromatic N) is 3. The van der Waals surface area contributed by atoms with Crippen molar-refractivity contribution in [2.45, 2.75) is 19.4 Å². The molecule has 0 saturated carbocycles. The molecule has 0 aliphatic heterocycles. The van der Waals surface area contributed by atoms with Crippen LogP contribution in [0.5, 0.6) is 5.88 Å². The Morgan fingerprint density at radius 2 is 2.06 bits per heavy atom. The Morgan fingerprint density at radius 3 is 2.62 bits per heavy atom. The minimum atomic E-state index is -0.107. The van der Waals surface area contributed by atoms with E-state index in [4.69, 9.17) is 22.1 Å². The molecule has 0 fully saturated rings. The van der Waals surface area contributed by atoms with E-state index in [1.807, 2.05) is 14.1 Å². The molecule has 1 heterocycles. The van der Waals surface area contributed by atoms with Gasteiger partial charge in [-0.3, -0.25) is 0 Å². The van der Waals surface area contributed by atoms with Gasteiger partial charge in [-0.25, -0.2) is 4.98 Å². The number of ether oxygens (including phenoxy) is 1. The standard InChI is InChI=1S/C10H17ClN4O/c1-10(2,15(3)4)5-16-9-7(12)8(11)13-6-14-9/h6H,5,12H2,1-4H3. The molecule has 0 atom stereocenters. The van der Waals surface area contributed by atoms with Crippen LogP contribution in [0.1, 0.15) is 13.8 Å². The monoisotopic (exact) mass is 244 g/mol. The van der Waals surface area contributed by atoms with Crippen molar-refractivity contribution in [3.63, 3.8) is 0 Å². The summed E-state index contributed by atoms with van der Waals surface area (Å²) in [4.78, 5) is 9.76. The number of aromatic nitrogens is 2. The molecule has 90 valence electrons. The van der Waals surface area contributed by atoms with Crippen molar-refractivity contribution >= 4 is 17.3 Å². The van der Waals surface area contributed by atoms with Gasteiger partial charge in [0.2, 0.25) is 5.88 Å². The predicted molar refractivity (Wildman–Crippen MR) is 64.7 cm³/mol. The summed E-state index contributed by atoms with van der Waals surface area (Å²) in [7, 11) is 3.97. The lowest BCUT2D eigenvalue weighted by atomic mass is 10.1. The Morgan fingerprint density at radius 1 is 1.44 bits per heavy atom. The van der Waals surface area contributed by atoms with Gasteiger partial charge in [0.25, 0.3) is 0 Å². The molecule has 5 nitrogen and oxygen atoms in total. The largest absolute Gasteiger partial charge is 0.474 e. The summed E-state index contributed by atoms with van der Waals surface area (Å²) in [6, 6.07) is 0. The van der Waals surface area contributed by atoms with Gasteiger partial charge in [0, 0.05) is 5.54 Å². The van der Waals surface area contributed by atoms with Gasteiger partial charge in [0.15, 0.2) is 5.15 Å². The molecular weight excluding hydrogens is 228 g/mol. The molecule has 0 amide bonds. The van der Waals surface area contributed by atoms with Gasteiger partial charge in [-0.2, -0.15) is 4.98 Å². The van der Waals surface area contributed by atoms with Gasteiger partial charge < -0.3 is 15.4 Å². The molecule has 0 saturated heterocycles. The smallest absolute Gasteiger partial charge is 0.241 e. The lowest BCUT2D eigenvalue weighted by molar-refractivity contribution is 0.111. The molecule has 0 bridgehead atoms. The Bertz CT molecular complexity index is 368. The Labute approximate surface area is 101 Å². The fourth-order valence-electron chi connectivity index (χ4n) is 0.848. The first-order valence-corrected chi connectivity index (χ1v) is 5.28. The Kier molecular flexibility index (Phi) is 3.93. The van der Waals surface area contributed by atoms with E-state index in [-0.39, 0.29) is 16.4 Å². The predicted octanol–water partition coefficient (Wildman–Crippen LogP) is 1.43. The molecule has 16 heavy (non-hydrogen) atoms. The Balaban J connectivity index is 2.72. The van der Waals surface area contributed by atoms with Crippen molar-refractivity contribution in [2.24, 2.45) is 0 Å². The van der Waals surface area contributed by atoms with Gasteiger partial charge in [-0.05, 0) is 27.9 Å². The molecule has 1 aromatic heterocycles. The van der Waals surface area contributed by atoms with Crippen LogP contribution in [0.3, 0.4) is 0 Å². The minimum absolute atomic E-state index is 0.107. The van der Waals surface area contributed by atoms with Crippen LogP contribution in [0.15, 0.2) is 6.33 Å². The molecule has 0 aliphatic carbocycles. The maximum absolute atomic E-state index is 5.76. The lowest BCUT2D eigenvalue weighted by Crippen LogP contribution is -2.43. The van der Waals surface area contributed by atoms with Crippen molar-refractivity contribution in [3.8, 4) is 5.88 Å². The van der Waals surface area contributed by atoms with E-state index in [1.165, 1.54) is 6.33 Å². The van der Waals surface area contributed by atoms with E-state index in [0.717, 1.165) is 0 Å². The van der Waals surface area contributed by atoms with Gasteiger partial charge in [-0.1, -0.05) is 11.6 Å². The van der Waals surface area contributed by atoms with E-state index in [2.05, 4.69) is 28.7 Å². The first kappa shape index (κ1) is 13.0. The summed E-state index contributed by atoms with van der Waals surface area (Å²) >= 11 is 5.76. The molecular formula is C10H17ClN4O. The molecule has 0 spiro atoms. The highest BCUT2D eigenvalue weighted by molar-refractivity contribution is 6.32. The van der Waals surface area contributed by atoms with E-state index in [9.17, 15) is 0 Å². The van der Waals surface area contributed by atoms with Gasteiger partial charge in [0.1, 0.15) is 18.6 Å². The number of anilines is 1. The molecule has 6 heteroatoms. The summed E-state index contributed by atoms with van der Waals surface area (Å²) in [6.45, 7) is 4.59. The van der Waals surface area contributed by atoms with Crippen LogP contribution in [0.25, 0.3) is 0 Å². The number of hydrogen-bond donors (Lipinski definition) is 1. The third kappa shape index (κ3) is 2.96. The molecule has 1 rings (SSSR count). The second-order valence-electron chi connectivity index (χ2n) is 4.38. The van der Waals surface area contributed by atoms with E-state index >= 15 is 0 Å². The molecule has 1 aromatic rings. The number of likely N-dealkylation sites (N-methyl/N-ethyl adjacent to an activating group) is 1. The lowest BCUT2D eigenvalue weighted by Gasteiger charge is -2.31. The van der Waals surface area contributed by atoms with Crippen molar-refractivity contribution < 1.29 is 4.74 Å². The summed E-state index contributed by atoms with van der Waals surface area (Å²) < 4.78 is 5.54. The molecule has 2 N–H and O–H groups in total. The molecule has 0 unspecified atom stereocenters. The van der Waals surface area contributed by atoms with Crippen molar-refractivity contribution in [1.29, 1.82) is 0 Å². The zero-order valence-electron chi connectivity index (χ0n) is 9.99. The summed E-state index contributed by atoms with van der Waals surface area (Å²) in [5.41, 5.74) is 5.86. The van der Waals surface area contributed by atoms with E-state index < -0.39 is 0 Å². The second-order valence-corrected chi connectivity index (χ2v) is 4.74. The van der Waals surface area contributed by atoms with Crippen molar-refractivity contribution in [2.75, 3.05) is 26.4 Å². The zero-order chi connectivity index (χ0) is 12.3. The van der Waals surface area contributed by atoms with Crippen molar-refractivity contribution in [1.82, 2.24) is 14.9 Å². The van der Waals surface area contributed by atoms with Crippen molar-refractivity contribution in [3.05, 3.63) is 11.5 Å². The number of hydrogen-bond acceptors (Lipinski definition) is 5. The number of nitrogens with two attached hydrogens (primary N) is 1. The maximum Gasteiger partial charge on any atom is 0.241 e. The SMILES string of the molecule is CN(C)C(C)(C)COc1ncnc(Cl)c1N.